The molecular formula is C20H25N7O. The molecule has 1 unspecified atom stereocenters. The largest absolute Gasteiger partial charge is 0.480 e. The van der Waals surface area contributed by atoms with E-state index >= 15 is 0 Å². The topological polar surface area (TPSA) is 81.3 Å². The zero-order valence-electron chi connectivity index (χ0n) is 16.4. The zero-order chi connectivity index (χ0) is 19.1. The van der Waals surface area contributed by atoms with Crippen molar-refractivity contribution in [2.45, 2.75) is 44.9 Å². The Morgan fingerprint density at radius 3 is 2.71 bits per heavy atom. The summed E-state index contributed by atoms with van der Waals surface area (Å²) in [4.78, 5) is 2.35. The van der Waals surface area contributed by atoms with E-state index in [1.165, 1.54) is 17.7 Å². The summed E-state index contributed by atoms with van der Waals surface area (Å²) in [6, 6.07) is 5.96. The van der Waals surface area contributed by atoms with Gasteiger partial charge in [0.2, 0.25) is 5.88 Å². The maximum absolute atomic E-state index is 5.25. The summed E-state index contributed by atoms with van der Waals surface area (Å²) in [5.74, 6) is 3.57. The highest BCUT2D eigenvalue weighted by molar-refractivity contribution is 5.43. The smallest absolute Gasteiger partial charge is 0.231 e. The van der Waals surface area contributed by atoms with E-state index in [9.17, 15) is 0 Å². The number of fused-ring (bicyclic) bond motifs is 2. The number of rotatable bonds is 3. The van der Waals surface area contributed by atoms with Gasteiger partial charge in [0.25, 0.3) is 0 Å². The number of hydrogen-bond acceptors (Lipinski definition) is 7. The fourth-order valence-corrected chi connectivity index (χ4v) is 4.37. The normalized spacial score (nSPS) is 20.4. The molecule has 1 atom stereocenters. The Bertz CT molecular complexity index is 993. The van der Waals surface area contributed by atoms with Gasteiger partial charge in [0, 0.05) is 25.1 Å². The number of ether oxygens (including phenoxy) is 1. The van der Waals surface area contributed by atoms with Crippen molar-refractivity contribution in [3.8, 4) is 5.88 Å². The van der Waals surface area contributed by atoms with Crippen molar-refractivity contribution < 1.29 is 4.74 Å². The maximum Gasteiger partial charge on any atom is 0.231 e. The Morgan fingerprint density at radius 2 is 1.89 bits per heavy atom. The van der Waals surface area contributed by atoms with Gasteiger partial charge >= 0.3 is 0 Å². The van der Waals surface area contributed by atoms with E-state index in [1.54, 1.807) is 7.11 Å². The third-order valence-electron chi connectivity index (χ3n) is 6.05. The minimum absolute atomic E-state index is 0.330. The van der Waals surface area contributed by atoms with Crippen molar-refractivity contribution in [2.75, 3.05) is 25.1 Å². The van der Waals surface area contributed by atoms with Crippen molar-refractivity contribution >= 4 is 11.5 Å². The van der Waals surface area contributed by atoms with Crippen LogP contribution in [0.15, 0.2) is 18.2 Å². The average molecular weight is 379 g/mol. The third kappa shape index (κ3) is 3.06. The molecule has 28 heavy (non-hydrogen) atoms. The monoisotopic (exact) mass is 379 g/mol. The molecular weight excluding hydrogens is 354 g/mol. The minimum Gasteiger partial charge on any atom is -0.480 e. The van der Waals surface area contributed by atoms with Crippen molar-refractivity contribution in [2.24, 2.45) is 5.92 Å². The number of nitrogens with zero attached hydrogens (tertiary/aromatic N) is 7. The van der Waals surface area contributed by atoms with E-state index in [1.807, 2.05) is 16.6 Å². The molecule has 1 aliphatic carbocycles. The minimum atomic E-state index is 0.330. The van der Waals surface area contributed by atoms with Crippen molar-refractivity contribution in [1.29, 1.82) is 0 Å². The van der Waals surface area contributed by atoms with E-state index in [2.05, 4.69) is 43.4 Å². The second-order valence-corrected chi connectivity index (χ2v) is 7.99. The average Bonchev–Trinajstić information content (AvgIpc) is 3.16. The molecule has 0 saturated carbocycles. The maximum atomic E-state index is 5.25. The molecule has 8 nitrogen and oxygen atoms in total. The molecule has 0 bridgehead atoms. The van der Waals surface area contributed by atoms with Gasteiger partial charge in [-0.3, -0.25) is 0 Å². The molecule has 3 aromatic heterocycles. The molecule has 146 valence electrons. The van der Waals surface area contributed by atoms with Gasteiger partial charge in [0.15, 0.2) is 17.3 Å². The van der Waals surface area contributed by atoms with Crippen molar-refractivity contribution in [3.63, 3.8) is 0 Å². The summed E-state index contributed by atoms with van der Waals surface area (Å²) in [7, 11) is 1.62. The number of aryl methyl sites for hydroxylation is 1. The predicted octanol–water partition coefficient (Wildman–Crippen LogP) is 2.43. The van der Waals surface area contributed by atoms with Gasteiger partial charge in [0.1, 0.15) is 0 Å². The van der Waals surface area contributed by atoms with Crippen LogP contribution in [0.4, 0.5) is 5.82 Å². The first-order chi connectivity index (χ1) is 13.7. The molecule has 1 fully saturated rings. The number of methoxy groups -OCH3 is 1. The van der Waals surface area contributed by atoms with Crippen LogP contribution in [0.5, 0.6) is 5.88 Å². The summed E-state index contributed by atoms with van der Waals surface area (Å²) in [5, 5.41) is 22.2. The van der Waals surface area contributed by atoms with Crippen LogP contribution in [0.3, 0.4) is 0 Å². The first-order valence-electron chi connectivity index (χ1n) is 10.1. The fourth-order valence-electron chi connectivity index (χ4n) is 4.37. The lowest BCUT2D eigenvalue weighted by atomic mass is 9.88. The van der Waals surface area contributed by atoms with Gasteiger partial charge in [-0.05, 0) is 55.7 Å². The Balaban J connectivity index is 1.32. The third-order valence-corrected chi connectivity index (χ3v) is 6.05. The second kappa shape index (κ2) is 7.00. The van der Waals surface area contributed by atoms with E-state index in [-0.39, 0.29) is 0 Å². The van der Waals surface area contributed by atoms with E-state index in [4.69, 9.17) is 4.74 Å². The molecule has 5 rings (SSSR count). The summed E-state index contributed by atoms with van der Waals surface area (Å²) < 4.78 is 7.07. The van der Waals surface area contributed by atoms with Crippen LogP contribution in [-0.2, 0) is 12.8 Å². The van der Waals surface area contributed by atoms with Crippen LogP contribution in [-0.4, -0.2) is 50.2 Å². The van der Waals surface area contributed by atoms with Gasteiger partial charge in [-0.25, -0.2) is 0 Å². The lowest BCUT2D eigenvalue weighted by Crippen LogP contribution is -2.34. The quantitative estimate of drug-likeness (QED) is 0.691. The zero-order valence-corrected chi connectivity index (χ0v) is 16.4. The van der Waals surface area contributed by atoms with Crippen LogP contribution in [0.2, 0.25) is 0 Å². The highest BCUT2D eigenvalue weighted by Crippen LogP contribution is 2.31. The molecule has 0 N–H and O–H groups in total. The number of aromatic nitrogens is 6. The Kier molecular flexibility index (Phi) is 4.33. The molecule has 0 spiro atoms. The molecule has 8 heteroatoms. The Labute approximate surface area is 163 Å². The highest BCUT2D eigenvalue weighted by Gasteiger charge is 2.27. The molecule has 0 radical (unpaired) electrons. The predicted molar refractivity (Wildman–Crippen MR) is 105 cm³/mol. The molecule has 0 aromatic carbocycles. The number of anilines is 1. The second-order valence-electron chi connectivity index (χ2n) is 7.99. The highest BCUT2D eigenvalue weighted by atomic mass is 16.5. The Morgan fingerprint density at radius 1 is 1.04 bits per heavy atom. The number of piperidine rings is 1. The van der Waals surface area contributed by atoms with E-state index in [0.29, 0.717) is 11.8 Å². The molecule has 1 saturated heterocycles. The van der Waals surface area contributed by atoms with Crippen LogP contribution in [0.25, 0.3) is 5.65 Å². The summed E-state index contributed by atoms with van der Waals surface area (Å²) in [6.07, 6.45) is 5.39. The lowest BCUT2D eigenvalue weighted by Gasteiger charge is -2.32. The first-order valence-corrected chi connectivity index (χ1v) is 10.1. The summed E-state index contributed by atoms with van der Waals surface area (Å²) in [5.41, 5.74) is 3.32. The van der Waals surface area contributed by atoms with E-state index in [0.717, 1.165) is 62.0 Å². The molecule has 1 aliphatic heterocycles. The van der Waals surface area contributed by atoms with E-state index < -0.39 is 0 Å². The van der Waals surface area contributed by atoms with Crippen LogP contribution >= 0.6 is 0 Å². The first kappa shape index (κ1) is 17.3. The number of hydrogen-bond donors (Lipinski definition) is 0. The lowest BCUT2D eigenvalue weighted by molar-refractivity contribution is 0.386. The molecule has 2 aliphatic rings. The van der Waals surface area contributed by atoms with Gasteiger partial charge in [-0.2, -0.15) is 9.61 Å². The van der Waals surface area contributed by atoms with Gasteiger partial charge in [-0.15, -0.1) is 20.4 Å². The SMILES string of the molecule is COc1ccc2nnc(C3CCN(c4cc5c(nn4)CCC(C)C5)CC3)n2n1. The van der Waals surface area contributed by atoms with Crippen LogP contribution in [0.1, 0.15) is 49.2 Å². The van der Waals surface area contributed by atoms with Crippen molar-refractivity contribution in [1.82, 2.24) is 30.0 Å². The summed E-state index contributed by atoms with van der Waals surface area (Å²) >= 11 is 0. The molecule has 4 heterocycles. The Hall–Kier alpha value is -2.77. The fraction of sp³-hybridized carbons (Fsp3) is 0.550. The van der Waals surface area contributed by atoms with Crippen molar-refractivity contribution in [3.05, 3.63) is 35.3 Å². The van der Waals surface area contributed by atoms with Gasteiger partial charge < -0.3 is 9.64 Å². The van der Waals surface area contributed by atoms with Gasteiger partial charge in [-0.1, -0.05) is 6.92 Å². The molecule has 0 amide bonds. The standard InChI is InChI=1S/C20H25N7O/c1-13-3-4-16-15(11-13)12-18(23-21-16)26-9-7-14(8-10-26)20-24-22-17-5-6-19(28-2)25-27(17)20/h5-6,12-14H,3-4,7-11H2,1-2H3. The van der Waals surface area contributed by atoms with Gasteiger partial charge in [0.05, 0.1) is 12.8 Å². The molecule has 3 aromatic rings. The van der Waals surface area contributed by atoms with Crippen LogP contribution < -0.4 is 9.64 Å². The van der Waals surface area contributed by atoms with Crippen LogP contribution in [0, 0.1) is 5.92 Å². The summed E-state index contributed by atoms with van der Waals surface area (Å²) in [6.45, 7) is 4.19.